The molecule has 1 aliphatic carbocycles. The van der Waals surface area contributed by atoms with Crippen molar-refractivity contribution in [3.05, 3.63) is 0 Å². The molecule has 3 heteroatoms. The van der Waals surface area contributed by atoms with Crippen LogP contribution >= 0.6 is 0 Å². The number of nitrogens with two attached hydrogens (primary N) is 1. The minimum Gasteiger partial charge on any atom is -0.328 e. The first-order valence-electron chi connectivity index (χ1n) is 7.37. The summed E-state index contributed by atoms with van der Waals surface area (Å²) in [5, 5.41) is 0. The predicted octanol–water partition coefficient (Wildman–Crippen LogP) is 1.53. The molecule has 0 aromatic carbocycles. The molecule has 3 nitrogen and oxygen atoms in total. The Bertz CT molecular complexity index is 232. The van der Waals surface area contributed by atoms with Gasteiger partial charge in [-0.2, -0.15) is 0 Å². The topological polar surface area (TPSA) is 32.5 Å². The molecule has 0 radical (unpaired) electrons. The van der Waals surface area contributed by atoms with Gasteiger partial charge in [0.05, 0.1) is 0 Å². The van der Waals surface area contributed by atoms with E-state index in [1.54, 1.807) is 0 Å². The summed E-state index contributed by atoms with van der Waals surface area (Å²) in [5.74, 6) is 0.863. The second-order valence-electron chi connectivity index (χ2n) is 6.11. The maximum absolute atomic E-state index is 6.02. The normalized spacial score (nSPS) is 37.2. The third-order valence-corrected chi connectivity index (χ3v) is 4.57. The van der Waals surface area contributed by atoms with Gasteiger partial charge in [-0.25, -0.2) is 0 Å². The summed E-state index contributed by atoms with van der Waals surface area (Å²) in [6, 6.07) is 1.24. The summed E-state index contributed by atoms with van der Waals surface area (Å²) in [6.07, 6.45) is 6.46. The Morgan fingerprint density at radius 1 is 1.24 bits per heavy atom. The SMILES string of the molecule is CCC1CN(C)CCCN1CC1CCC(N)C1. The summed E-state index contributed by atoms with van der Waals surface area (Å²) in [6.45, 7) is 7.41. The van der Waals surface area contributed by atoms with Gasteiger partial charge in [-0.3, -0.25) is 4.90 Å². The number of rotatable bonds is 3. The number of likely N-dealkylation sites (N-methyl/N-ethyl adjacent to an activating group) is 1. The van der Waals surface area contributed by atoms with E-state index in [4.69, 9.17) is 5.73 Å². The Balaban J connectivity index is 1.88. The molecule has 0 amide bonds. The van der Waals surface area contributed by atoms with Crippen molar-refractivity contribution in [3.8, 4) is 0 Å². The molecule has 0 aromatic heterocycles. The third-order valence-electron chi connectivity index (χ3n) is 4.57. The summed E-state index contributed by atoms with van der Waals surface area (Å²) in [5.41, 5.74) is 6.02. The fraction of sp³-hybridized carbons (Fsp3) is 1.00. The highest BCUT2D eigenvalue weighted by Crippen LogP contribution is 2.26. The molecule has 17 heavy (non-hydrogen) atoms. The first-order valence-corrected chi connectivity index (χ1v) is 7.37. The van der Waals surface area contributed by atoms with E-state index in [1.807, 2.05) is 0 Å². The first-order chi connectivity index (χ1) is 8.19. The van der Waals surface area contributed by atoms with Crippen LogP contribution in [0, 0.1) is 5.92 Å². The second-order valence-corrected chi connectivity index (χ2v) is 6.11. The van der Waals surface area contributed by atoms with Crippen molar-refractivity contribution in [1.29, 1.82) is 0 Å². The van der Waals surface area contributed by atoms with E-state index in [0.29, 0.717) is 6.04 Å². The van der Waals surface area contributed by atoms with Crippen LogP contribution in [0.3, 0.4) is 0 Å². The van der Waals surface area contributed by atoms with Crippen LogP contribution in [0.15, 0.2) is 0 Å². The van der Waals surface area contributed by atoms with Crippen LogP contribution in [0.5, 0.6) is 0 Å². The van der Waals surface area contributed by atoms with E-state index in [0.717, 1.165) is 12.0 Å². The highest BCUT2D eigenvalue weighted by molar-refractivity contribution is 4.84. The lowest BCUT2D eigenvalue weighted by Gasteiger charge is -2.32. The molecule has 1 saturated heterocycles. The molecule has 1 saturated carbocycles. The largest absolute Gasteiger partial charge is 0.328 e. The van der Waals surface area contributed by atoms with Crippen LogP contribution in [-0.2, 0) is 0 Å². The van der Waals surface area contributed by atoms with Gasteiger partial charge in [0.1, 0.15) is 0 Å². The lowest BCUT2D eigenvalue weighted by Crippen LogP contribution is -2.42. The highest BCUT2D eigenvalue weighted by Gasteiger charge is 2.28. The van der Waals surface area contributed by atoms with Crippen LogP contribution in [0.1, 0.15) is 39.0 Å². The van der Waals surface area contributed by atoms with E-state index in [-0.39, 0.29) is 0 Å². The molecule has 2 aliphatic rings. The fourth-order valence-corrected chi connectivity index (χ4v) is 3.53. The lowest BCUT2D eigenvalue weighted by molar-refractivity contribution is 0.158. The van der Waals surface area contributed by atoms with Crippen LogP contribution < -0.4 is 5.73 Å². The molecule has 2 rings (SSSR count). The van der Waals surface area contributed by atoms with E-state index in [2.05, 4.69) is 23.8 Å². The Labute approximate surface area is 106 Å². The van der Waals surface area contributed by atoms with Gasteiger partial charge in [-0.1, -0.05) is 6.92 Å². The third kappa shape index (κ3) is 3.67. The quantitative estimate of drug-likeness (QED) is 0.811. The maximum Gasteiger partial charge on any atom is 0.0220 e. The smallest absolute Gasteiger partial charge is 0.0220 e. The number of hydrogen-bond acceptors (Lipinski definition) is 3. The molecular formula is C14H29N3. The lowest BCUT2D eigenvalue weighted by atomic mass is 10.1. The van der Waals surface area contributed by atoms with Crippen molar-refractivity contribution < 1.29 is 0 Å². The van der Waals surface area contributed by atoms with Crippen LogP contribution in [0.2, 0.25) is 0 Å². The average molecular weight is 239 g/mol. The van der Waals surface area contributed by atoms with Gasteiger partial charge >= 0.3 is 0 Å². The average Bonchev–Trinajstić information content (AvgIpc) is 2.61. The zero-order chi connectivity index (χ0) is 12.3. The maximum atomic E-state index is 6.02. The van der Waals surface area contributed by atoms with Crippen molar-refractivity contribution in [1.82, 2.24) is 9.80 Å². The van der Waals surface area contributed by atoms with Gasteiger partial charge in [0, 0.05) is 25.2 Å². The van der Waals surface area contributed by atoms with E-state index < -0.39 is 0 Å². The van der Waals surface area contributed by atoms with Crippen molar-refractivity contribution in [2.75, 3.05) is 33.2 Å². The minimum absolute atomic E-state index is 0.481. The zero-order valence-corrected chi connectivity index (χ0v) is 11.6. The zero-order valence-electron chi connectivity index (χ0n) is 11.6. The molecule has 1 heterocycles. The fourth-order valence-electron chi connectivity index (χ4n) is 3.53. The molecule has 0 bridgehead atoms. The van der Waals surface area contributed by atoms with Crippen LogP contribution in [0.25, 0.3) is 0 Å². The number of nitrogens with zero attached hydrogens (tertiary/aromatic N) is 2. The molecule has 1 aliphatic heterocycles. The second kappa shape index (κ2) is 6.17. The monoisotopic (exact) mass is 239 g/mol. The van der Waals surface area contributed by atoms with Gasteiger partial charge in [0.2, 0.25) is 0 Å². The number of hydrogen-bond donors (Lipinski definition) is 1. The van der Waals surface area contributed by atoms with Crippen LogP contribution in [-0.4, -0.2) is 55.1 Å². The molecule has 100 valence electrons. The minimum atomic E-state index is 0.481. The molecular weight excluding hydrogens is 210 g/mol. The Kier molecular flexibility index (Phi) is 4.83. The van der Waals surface area contributed by atoms with Gasteiger partial charge < -0.3 is 10.6 Å². The molecule has 3 unspecified atom stereocenters. The van der Waals surface area contributed by atoms with E-state index in [9.17, 15) is 0 Å². The molecule has 0 aromatic rings. The highest BCUT2D eigenvalue weighted by atomic mass is 15.2. The summed E-state index contributed by atoms with van der Waals surface area (Å²) >= 11 is 0. The Hall–Kier alpha value is -0.120. The van der Waals surface area contributed by atoms with Gasteiger partial charge in [0.25, 0.3) is 0 Å². The summed E-state index contributed by atoms with van der Waals surface area (Å²) < 4.78 is 0. The van der Waals surface area contributed by atoms with Crippen molar-refractivity contribution in [3.63, 3.8) is 0 Å². The van der Waals surface area contributed by atoms with Crippen LogP contribution in [0.4, 0.5) is 0 Å². The molecule has 2 fully saturated rings. The van der Waals surface area contributed by atoms with Crippen molar-refractivity contribution >= 4 is 0 Å². The van der Waals surface area contributed by atoms with Crippen molar-refractivity contribution in [2.45, 2.75) is 51.1 Å². The Morgan fingerprint density at radius 2 is 2.06 bits per heavy atom. The first kappa shape index (κ1) is 13.3. The molecule has 0 spiro atoms. The predicted molar refractivity (Wildman–Crippen MR) is 73.1 cm³/mol. The standard InChI is InChI=1S/C14H29N3/c1-3-14-11-16(2)7-4-8-17(14)10-12-5-6-13(15)9-12/h12-14H,3-11,15H2,1-2H3. The Morgan fingerprint density at radius 3 is 2.71 bits per heavy atom. The van der Waals surface area contributed by atoms with E-state index in [1.165, 1.54) is 58.3 Å². The van der Waals surface area contributed by atoms with Gasteiger partial charge in [0.15, 0.2) is 0 Å². The van der Waals surface area contributed by atoms with Gasteiger partial charge in [-0.15, -0.1) is 0 Å². The van der Waals surface area contributed by atoms with E-state index >= 15 is 0 Å². The molecule has 2 N–H and O–H groups in total. The summed E-state index contributed by atoms with van der Waals surface area (Å²) in [4.78, 5) is 5.24. The van der Waals surface area contributed by atoms with Crippen molar-refractivity contribution in [2.24, 2.45) is 11.7 Å². The molecule has 3 atom stereocenters. The summed E-state index contributed by atoms with van der Waals surface area (Å²) in [7, 11) is 2.26. The van der Waals surface area contributed by atoms with Gasteiger partial charge in [-0.05, 0) is 58.2 Å².